The molecule has 17 heavy (non-hydrogen) atoms. The fraction of sp³-hybridized carbons (Fsp3) is 0.100. The molecule has 0 N–H and O–H groups in total. The molecule has 1 heterocycles. The highest BCUT2D eigenvalue weighted by molar-refractivity contribution is 8.01. The van der Waals surface area contributed by atoms with E-state index in [4.69, 9.17) is 23.2 Å². The van der Waals surface area contributed by atoms with Crippen LogP contribution in [0, 0.1) is 0 Å². The van der Waals surface area contributed by atoms with E-state index in [-0.39, 0.29) is 5.78 Å². The van der Waals surface area contributed by atoms with Gasteiger partial charge in [-0.2, -0.15) is 0 Å². The molecular weight excluding hydrogens is 299 g/mol. The van der Waals surface area contributed by atoms with Crippen LogP contribution in [0.25, 0.3) is 0 Å². The van der Waals surface area contributed by atoms with Crippen LogP contribution in [0.5, 0.6) is 0 Å². The smallest absolute Gasteiger partial charge is 0.174 e. The van der Waals surface area contributed by atoms with Gasteiger partial charge in [0.25, 0.3) is 0 Å². The molecule has 0 aliphatic rings. The third-order valence-electron chi connectivity index (χ3n) is 1.91. The number of halogens is 2. The largest absolute Gasteiger partial charge is 0.293 e. The molecule has 0 aliphatic carbocycles. The number of hydrogen-bond donors (Lipinski definition) is 0. The normalized spacial score (nSPS) is 10.5. The first-order valence-electron chi connectivity index (χ1n) is 4.54. The Bertz CT molecular complexity index is 531. The maximum Gasteiger partial charge on any atom is 0.174 e. The number of carbonyl (C=O) groups is 1. The van der Waals surface area contributed by atoms with Gasteiger partial charge in [-0.3, -0.25) is 4.79 Å². The fourth-order valence-electron chi connectivity index (χ4n) is 1.11. The van der Waals surface area contributed by atoms with E-state index in [0.29, 0.717) is 21.4 Å². The monoisotopic (exact) mass is 304 g/mol. The van der Waals surface area contributed by atoms with Gasteiger partial charge in [0.05, 0.1) is 15.8 Å². The highest BCUT2D eigenvalue weighted by atomic mass is 35.5. The van der Waals surface area contributed by atoms with Crippen LogP contribution in [0.1, 0.15) is 10.4 Å². The van der Waals surface area contributed by atoms with Crippen LogP contribution >= 0.6 is 46.3 Å². The summed E-state index contributed by atoms with van der Waals surface area (Å²) >= 11 is 14.4. The van der Waals surface area contributed by atoms with Crippen LogP contribution in [0.3, 0.4) is 0 Å². The summed E-state index contributed by atoms with van der Waals surface area (Å²) in [6.07, 6.45) is 0. The summed E-state index contributed by atoms with van der Waals surface area (Å²) in [7, 11) is 0. The molecule has 88 valence electrons. The van der Waals surface area contributed by atoms with E-state index < -0.39 is 0 Å². The highest BCUT2D eigenvalue weighted by Gasteiger charge is 2.09. The molecule has 0 bridgehead atoms. The lowest BCUT2D eigenvalue weighted by molar-refractivity contribution is 0.102. The Hall–Kier alpha value is -0.620. The quantitative estimate of drug-likeness (QED) is 0.636. The van der Waals surface area contributed by atoms with Crippen molar-refractivity contribution < 1.29 is 4.79 Å². The summed E-state index contributed by atoms with van der Waals surface area (Å²) < 4.78 is 0.776. The number of carbonyl (C=O) groups excluding carboxylic acids is 1. The molecule has 0 atom stereocenters. The van der Waals surface area contributed by atoms with E-state index in [1.807, 2.05) is 0 Å². The SMILES string of the molecule is O=C(CSc1nncs1)c1ccc(Cl)c(Cl)c1. The van der Waals surface area contributed by atoms with Gasteiger partial charge in [0.15, 0.2) is 10.1 Å². The molecule has 0 amide bonds. The first-order chi connectivity index (χ1) is 8.16. The minimum atomic E-state index is -0.0104. The van der Waals surface area contributed by atoms with Gasteiger partial charge in [-0.05, 0) is 18.2 Å². The van der Waals surface area contributed by atoms with Gasteiger partial charge in [0.2, 0.25) is 0 Å². The summed E-state index contributed by atoms with van der Waals surface area (Å²) in [6.45, 7) is 0. The number of ketones is 1. The van der Waals surface area contributed by atoms with Crippen molar-refractivity contribution in [3.8, 4) is 0 Å². The predicted molar refractivity (Wildman–Crippen MR) is 71.4 cm³/mol. The number of rotatable bonds is 4. The van der Waals surface area contributed by atoms with E-state index in [1.165, 1.54) is 23.1 Å². The Balaban J connectivity index is 2.02. The molecule has 0 saturated heterocycles. The molecule has 7 heteroatoms. The number of hydrogen-bond acceptors (Lipinski definition) is 5. The van der Waals surface area contributed by atoms with Gasteiger partial charge < -0.3 is 0 Å². The van der Waals surface area contributed by atoms with Crippen LogP contribution in [0.4, 0.5) is 0 Å². The van der Waals surface area contributed by atoms with Crippen molar-refractivity contribution in [3.05, 3.63) is 39.3 Å². The molecule has 3 nitrogen and oxygen atoms in total. The Morgan fingerprint density at radius 2 is 2.18 bits per heavy atom. The lowest BCUT2D eigenvalue weighted by Crippen LogP contribution is -2.02. The Kier molecular flexibility index (Phi) is 4.39. The minimum absolute atomic E-state index is 0.0104. The first-order valence-corrected chi connectivity index (χ1v) is 7.16. The van der Waals surface area contributed by atoms with Gasteiger partial charge in [-0.25, -0.2) is 0 Å². The first kappa shape index (κ1) is 12.8. The van der Waals surface area contributed by atoms with Crippen molar-refractivity contribution in [1.29, 1.82) is 0 Å². The van der Waals surface area contributed by atoms with E-state index in [0.717, 1.165) is 4.34 Å². The zero-order valence-electron chi connectivity index (χ0n) is 8.39. The average Bonchev–Trinajstić information content (AvgIpc) is 2.82. The molecule has 1 aromatic heterocycles. The molecule has 0 saturated carbocycles. The summed E-state index contributed by atoms with van der Waals surface area (Å²) in [6, 6.07) is 4.86. The molecule has 2 rings (SSSR count). The highest BCUT2D eigenvalue weighted by Crippen LogP contribution is 2.25. The van der Waals surface area contributed by atoms with Gasteiger partial charge in [-0.15, -0.1) is 10.2 Å². The zero-order valence-corrected chi connectivity index (χ0v) is 11.5. The van der Waals surface area contributed by atoms with Crippen molar-refractivity contribution >= 4 is 52.1 Å². The Labute approximate surface area is 116 Å². The van der Waals surface area contributed by atoms with Crippen LogP contribution in [-0.2, 0) is 0 Å². The van der Waals surface area contributed by atoms with Crippen LogP contribution < -0.4 is 0 Å². The topological polar surface area (TPSA) is 42.9 Å². The van der Waals surface area contributed by atoms with Crippen molar-refractivity contribution in [1.82, 2.24) is 10.2 Å². The maximum atomic E-state index is 11.8. The van der Waals surface area contributed by atoms with Gasteiger partial charge in [0.1, 0.15) is 5.51 Å². The number of nitrogens with zero attached hydrogens (tertiary/aromatic N) is 2. The third kappa shape index (κ3) is 3.42. The lowest BCUT2D eigenvalue weighted by Gasteiger charge is -2.01. The Morgan fingerprint density at radius 1 is 1.35 bits per heavy atom. The number of aromatic nitrogens is 2. The lowest BCUT2D eigenvalue weighted by atomic mass is 10.1. The van der Waals surface area contributed by atoms with Gasteiger partial charge in [-0.1, -0.05) is 46.3 Å². The van der Waals surface area contributed by atoms with E-state index >= 15 is 0 Å². The fourth-order valence-corrected chi connectivity index (χ4v) is 2.79. The molecule has 1 aromatic carbocycles. The van der Waals surface area contributed by atoms with E-state index in [2.05, 4.69) is 10.2 Å². The standard InChI is InChI=1S/C10H6Cl2N2OS2/c11-7-2-1-6(3-8(7)12)9(15)4-16-10-14-13-5-17-10/h1-3,5H,4H2. The molecule has 0 aliphatic heterocycles. The van der Waals surface area contributed by atoms with Crippen molar-refractivity contribution in [2.75, 3.05) is 5.75 Å². The second kappa shape index (κ2) is 5.82. The number of thioether (sulfide) groups is 1. The van der Waals surface area contributed by atoms with Crippen molar-refractivity contribution in [2.24, 2.45) is 0 Å². The summed E-state index contributed by atoms with van der Waals surface area (Å²) in [5.74, 6) is 0.302. The third-order valence-corrected chi connectivity index (χ3v) is 4.51. The van der Waals surface area contributed by atoms with E-state index in [9.17, 15) is 4.79 Å². The van der Waals surface area contributed by atoms with Crippen molar-refractivity contribution in [2.45, 2.75) is 4.34 Å². The molecule has 0 spiro atoms. The van der Waals surface area contributed by atoms with Gasteiger partial charge >= 0.3 is 0 Å². The minimum Gasteiger partial charge on any atom is -0.293 e. The second-order valence-electron chi connectivity index (χ2n) is 3.05. The predicted octanol–water partition coefficient (Wildman–Crippen LogP) is 3.82. The summed E-state index contributed by atoms with van der Waals surface area (Å²) in [4.78, 5) is 11.8. The molecule has 0 fully saturated rings. The number of Topliss-reactive ketones (excluding diaryl/α,β-unsaturated/α-hetero) is 1. The molecule has 0 unspecified atom stereocenters. The molecule has 2 aromatic rings. The summed E-state index contributed by atoms with van der Waals surface area (Å²) in [5.41, 5.74) is 2.18. The molecule has 0 radical (unpaired) electrons. The maximum absolute atomic E-state index is 11.8. The van der Waals surface area contributed by atoms with Crippen LogP contribution in [0.15, 0.2) is 28.0 Å². The van der Waals surface area contributed by atoms with Crippen molar-refractivity contribution in [3.63, 3.8) is 0 Å². The number of benzene rings is 1. The average molecular weight is 305 g/mol. The van der Waals surface area contributed by atoms with Crippen LogP contribution in [-0.4, -0.2) is 21.7 Å². The summed E-state index contributed by atoms with van der Waals surface area (Å²) in [5, 5.41) is 8.37. The zero-order chi connectivity index (χ0) is 12.3. The Morgan fingerprint density at radius 3 is 2.82 bits per heavy atom. The van der Waals surface area contributed by atoms with Crippen LogP contribution in [0.2, 0.25) is 10.0 Å². The second-order valence-corrected chi connectivity index (χ2v) is 5.92. The van der Waals surface area contributed by atoms with E-state index in [1.54, 1.807) is 23.7 Å². The molecular formula is C10H6Cl2N2OS2. The van der Waals surface area contributed by atoms with Gasteiger partial charge in [0, 0.05) is 5.56 Å².